The third kappa shape index (κ3) is 6.69. The van der Waals surface area contributed by atoms with Crippen LogP contribution < -0.4 is 0 Å². The van der Waals surface area contributed by atoms with Gasteiger partial charge in [-0.15, -0.1) is 0 Å². The molecule has 9 aromatic rings. The van der Waals surface area contributed by atoms with Crippen molar-refractivity contribution in [3.8, 4) is 89.5 Å². The van der Waals surface area contributed by atoms with Gasteiger partial charge in [-0.2, -0.15) is 0 Å². The smallest absolute Gasteiger partial charge is 0.187 e. The molecule has 0 radical (unpaired) electrons. The molecule has 1 saturated carbocycles. The molecule has 2 heterocycles. The second-order valence-corrected chi connectivity index (χ2v) is 16.6. The predicted octanol–water partition coefficient (Wildman–Crippen LogP) is 15.3. The molecule has 0 amide bonds. The molecule has 62 heavy (non-hydrogen) atoms. The molecular weight excluding hydrogens is 753 g/mol. The molecule has 11 rings (SSSR count). The number of hydrogen-bond donors (Lipinski definition) is 0. The molecule has 4 heteroatoms. The van der Waals surface area contributed by atoms with Crippen molar-refractivity contribution in [1.29, 1.82) is 0 Å². The van der Waals surface area contributed by atoms with Gasteiger partial charge in [0, 0.05) is 34.5 Å². The minimum atomic E-state index is 0.0439. The summed E-state index contributed by atoms with van der Waals surface area (Å²) in [6, 6.07) is 64.6. The summed E-state index contributed by atoms with van der Waals surface area (Å²) in [7, 11) is 0. The first-order valence-corrected chi connectivity index (χ1v) is 21.6. The van der Waals surface area contributed by atoms with E-state index in [0.29, 0.717) is 11.5 Å². The Labute approximate surface area is 363 Å². The number of nitrogens with zero attached hydrogens (tertiary/aromatic N) is 4. The first-order chi connectivity index (χ1) is 30.6. The van der Waals surface area contributed by atoms with Gasteiger partial charge in [0.1, 0.15) is 0 Å². The zero-order chi connectivity index (χ0) is 41.5. The maximum absolute atomic E-state index is 7.79. The Morgan fingerprint density at radius 2 is 1.00 bits per heavy atom. The van der Waals surface area contributed by atoms with Crippen molar-refractivity contribution in [2.24, 2.45) is 0 Å². The van der Waals surface area contributed by atoms with Crippen molar-refractivity contribution in [2.75, 3.05) is 0 Å². The van der Waals surface area contributed by atoms with E-state index in [9.17, 15) is 0 Å². The molecule has 0 aliphatic heterocycles. The van der Waals surface area contributed by atoms with E-state index in [1.807, 2.05) is 36.5 Å². The van der Waals surface area contributed by atoms with E-state index in [1.165, 1.54) is 76.6 Å². The van der Waals surface area contributed by atoms with Gasteiger partial charge < -0.3 is 0 Å². The Morgan fingerprint density at radius 3 is 1.65 bits per heavy atom. The lowest BCUT2D eigenvalue weighted by atomic mass is 9.67. The van der Waals surface area contributed by atoms with E-state index in [2.05, 4.69) is 161 Å². The third-order valence-electron chi connectivity index (χ3n) is 13.0. The van der Waals surface area contributed by atoms with E-state index in [4.69, 9.17) is 16.5 Å². The van der Waals surface area contributed by atoms with Crippen LogP contribution in [0.5, 0.6) is 0 Å². The second kappa shape index (κ2) is 15.7. The van der Waals surface area contributed by atoms with Gasteiger partial charge >= 0.3 is 0 Å². The molecule has 2 aliphatic rings. The number of pyridine rings is 1. The summed E-state index contributed by atoms with van der Waals surface area (Å²) in [5, 5.41) is 0. The Bertz CT molecular complexity index is 3120. The quantitative estimate of drug-likeness (QED) is 0.151. The van der Waals surface area contributed by atoms with Gasteiger partial charge in [0.2, 0.25) is 0 Å². The standard InChI is InChI=1S/C58H42N4/c1-59-49-30-31-52-51(36-49)56-50(16-9-17-53(56)58(52)32-6-3-7-33-58)47-14-8-13-46(35-47)41-20-18-39(19-21-41)40-22-26-43(27-23-40)54-37-55(62-57(61-54)45-11-4-2-5-12-45)44-28-24-42(25-29-44)48-15-10-34-60-38-48/h2,4-5,8-31,34-38H,3,6-7,32-33H2. The SMILES string of the molecule is [C-]#[N+]c1ccc2c(c1)-c1c(-c3cccc(-c4ccc(-c5ccc(-c6cc(-c7ccc(-c8cccnc8)cc7)nc(-c7ccccc7)n6)cc5)cc4)c3)cccc1C21CCCCC1. The van der Waals surface area contributed by atoms with Crippen LogP contribution in [0.4, 0.5) is 5.69 Å². The largest absolute Gasteiger partial charge is 0.264 e. The minimum Gasteiger partial charge on any atom is -0.264 e. The minimum absolute atomic E-state index is 0.0439. The molecule has 294 valence electrons. The molecule has 2 aliphatic carbocycles. The molecule has 0 saturated heterocycles. The molecular formula is C58H42N4. The highest BCUT2D eigenvalue weighted by Crippen LogP contribution is 2.58. The second-order valence-electron chi connectivity index (χ2n) is 16.6. The van der Waals surface area contributed by atoms with Crippen LogP contribution in [0.1, 0.15) is 43.2 Å². The van der Waals surface area contributed by atoms with Gasteiger partial charge in [-0.05, 0) is 104 Å². The number of fused-ring (bicyclic) bond motifs is 5. The van der Waals surface area contributed by atoms with E-state index in [0.717, 1.165) is 50.3 Å². The average Bonchev–Trinajstić information content (AvgIpc) is 3.62. The highest BCUT2D eigenvalue weighted by atomic mass is 14.9. The first kappa shape index (κ1) is 37.3. The fourth-order valence-electron chi connectivity index (χ4n) is 9.93. The molecule has 0 atom stereocenters. The normalized spacial score (nSPS) is 13.6. The number of benzene rings is 7. The fourth-order valence-corrected chi connectivity index (χ4v) is 9.93. The molecule has 2 aromatic heterocycles. The lowest BCUT2D eigenvalue weighted by Gasteiger charge is -2.36. The molecule has 0 N–H and O–H groups in total. The van der Waals surface area contributed by atoms with Gasteiger partial charge in [0.15, 0.2) is 11.5 Å². The maximum atomic E-state index is 7.79. The van der Waals surface area contributed by atoms with Crippen molar-refractivity contribution >= 4 is 5.69 Å². The van der Waals surface area contributed by atoms with E-state index in [-0.39, 0.29) is 5.41 Å². The van der Waals surface area contributed by atoms with Crippen LogP contribution in [0.3, 0.4) is 0 Å². The molecule has 0 bridgehead atoms. The molecule has 1 spiro atoms. The molecule has 4 nitrogen and oxygen atoms in total. The zero-order valence-corrected chi connectivity index (χ0v) is 34.3. The van der Waals surface area contributed by atoms with E-state index in [1.54, 1.807) is 6.20 Å². The van der Waals surface area contributed by atoms with Crippen LogP contribution in [0.2, 0.25) is 0 Å². The number of rotatable bonds is 7. The topological polar surface area (TPSA) is 43.0 Å². The molecule has 0 unspecified atom stereocenters. The van der Waals surface area contributed by atoms with Gasteiger partial charge in [-0.1, -0.05) is 177 Å². The summed E-state index contributed by atoms with van der Waals surface area (Å²) in [5.74, 6) is 0.696. The van der Waals surface area contributed by atoms with Crippen molar-refractivity contribution in [2.45, 2.75) is 37.5 Å². The monoisotopic (exact) mass is 794 g/mol. The third-order valence-corrected chi connectivity index (χ3v) is 13.0. The lowest BCUT2D eigenvalue weighted by molar-refractivity contribution is 0.353. The Hall–Kier alpha value is -7.74. The Morgan fingerprint density at radius 1 is 0.419 bits per heavy atom. The molecule has 1 fully saturated rings. The average molecular weight is 795 g/mol. The van der Waals surface area contributed by atoms with Crippen LogP contribution in [0.25, 0.3) is 94.4 Å². The lowest BCUT2D eigenvalue weighted by Crippen LogP contribution is -2.27. The maximum Gasteiger partial charge on any atom is 0.187 e. The summed E-state index contributed by atoms with van der Waals surface area (Å²) >= 11 is 0. The van der Waals surface area contributed by atoms with Crippen LogP contribution >= 0.6 is 0 Å². The summed E-state index contributed by atoms with van der Waals surface area (Å²) in [6.07, 6.45) is 9.80. The van der Waals surface area contributed by atoms with Crippen molar-refractivity contribution in [3.05, 3.63) is 217 Å². The van der Waals surface area contributed by atoms with Crippen molar-refractivity contribution in [1.82, 2.24) is 15.0 Å². The van der Waals surface area contributed by atoms with Gasteiger partial charge in [0.05, 0.1) is 18.0 Å². The summed E-state index contributed by atoms with van der Waals surface area (Å²) in [6.45, 7) is 7.79. The highest BCUT2D eigenvalue weighted by Gasteiger charge is 2.44. The van der Waals surface area contributed by atoms with Crippen LogP contribution in [-0.4, -0.2) is 15.0 Å². The fraction of sp³-hybridized carbons (Fsp3) is 0.103. The van der Waals surface area contributed by atoms with Crippen molar-refractivity contribution < 1.29 is 0 Å². The van der Waals surface area contributed by atoms with Crippen LogP contribution in [0.15, 0.2) is 194 Å². The number of aromatic nitrogens is 3. The van der Waals surface area contributed by atoms with E-state index >= 15 is 0 Å². The van der Waals surface area contributed by atoms with Gasteiger partial charge in [-0.25, -0.2) is 14.8 Å². The van der Waals surface area contributed by atoms with Crippen LogP contribution in [-0.2, 0) is 5.41 Å². The predicted molar refractivity (Wildman–Crippen MR) is 253 cm³/mol. The van der Waals surface area contributed by atoms with Gasteiger partial charge in [-0.3, -0.25) is 4.98 Å². The van der Waals surface area contributed by atoms with Crippen molar-refractivity contribution in [3.63, 3.8) is 0 Å². The Kier molecular flexibility index (Phi) is 9.44. The number of hydrogen-bond acceptors (Lipinski definition) is 3. The highest BCUT2D eigenvalue weighted by molar-refractivity contribution is 5.94. The van der Waals surface area contributed by atoms with Crippen LogP contribution in [0, 0.1) is 6.57 Å². The molecule has 7 aromatic carbocycles. The first-order valence-electron chi connectivity index (χ1n) is 21.6. The Balaban J connectivity index is 0.884. The summed E-state index contributed by atoms with van der Waals surface area (Å²) in [5.41, 5.74) is 20.3. The van der Waals surface area contributed by atoms with Gasteiger partial charge in [0.25, 0.3) is 0 Å². The summed E-state index contributed by atoms with van der Waals surface area (Å²) in [4.78, 5) is 18.2. The zero-order valence-electron chi connectivity index (χ0n) is 34.3. The summed E-state index contributed by atoms with van der Waals surface area (Å²) < 4.78 is 0. The van der Waals surface area contributed by atoms with E-state index < -0.39 is 0 Å².